The summed E-state index contributed by atoms with van der Waals surface area (Å²) in [4.78, 5) is 11.8. The van der Waals surface area contributed by atoms with Crippen LogP contribution in [0.2, 0.25) is 0 Å². The van der Waals surface area contributed by atoms with Crippen LogP contribution in [-0.4, -0.2) is 24.8 Å². The number of carbonyl (C=O) groups is 1. The zero-order chi connectivity index (χ0) is 19.9. The standard InChI is InChI=1S/C22H37IO3/c1-15(13-16(2)18(4)23)10-11-20-17(3)14-19(26-20)9-8-12-25-21(24)22(5,6)7/h15-16,19-20H,3-4,8-14H2,1-2,5-7H3/t15-,16-,19+,20+/m1/s1. The van der Waals surface area contributed by atoms with Crippen molar-refractivity contribution in [2.75, 3.05) is 6.61 Å². The third-order valence-corrected chi connectivity index (χ3v) is 6.09. The Labute approximate surface area is 174 Å². The first-order valence-corrected chi connectivity index (χ1v) is 10.9. The van der Waals surface area contributed by atoms with Crippen LogP contribution in [0.1, 0.15) is 73.1 Å². The monoisotopic (exact) mass is 476 g/mol. The Bertz CT molecular complexity index is 492. The van der Waals surface area contributed by atoms with E-state index in [-0.39, 0.29) is 18.2 Å². The van der Waals surface area contributed by atoms with E-state index in [4.69, 9.17) is 9.47 Å². The van der Waals surface area contributed by atoms with Crippen LogP contribution in [0.25, 0.3) is 0 Å². The number of ether oxygens (including phenoxy) is 2. The van der Waals surface area contributed by atoms with Gasteiger partial charge in [-0.1, -0.05) is 27.0 Å². The highest BCUT2D eigenvalue weighted by Crippen LogP contribution is 2.32. The molecular weight excluding hydrogens is 439 g/mol. The van der Waals surface area contributed by atoms with Gasteiger partial charge in [0.2, 0.25) is 0 Å². The lowest BCUT2D eigenvalue weighted by atomic mass is 9.91. The molecule has 4 atom stereocenters. The molecule has 1 heterocycles. The van der Waals surface area contributed by atoms with Gasteiger partial charge in [-0.2, -0.15) is 0 Å². The van der Waals surface area contributed by atoms with E-state index in [1.165, 1.54) is 15.6 Å². The van der Waals surface area contributed by atoms with Gasteiger partial charge in [0, 0.05) is 0 Å². The SMILES string of the molecule is C=C(I)[C@H](C)C[C@H](C)CC[C@@H]1O[C@@H](CCCOC(=O)C(C)(C)C)CC1=C. The summed E-state index contributed by atoms with van der Waals surface area (Å²) in [6.07, 6.45) is 6.52. The van der Waals surface area contributed by atoms with Crippen LogP contribution in [-0.2, 0) is 14.3 Å². The number of halogens is 1. The normalized spacial score (nSPS) is 22.9. The van der Waals surface area contributed by atoms with E-state index in [9.17, 15) is 4.79 Å². The Morgan fingerprint density at radius 1 is 1.35 bits per heavy atom. The summed E-state index contributed by atoms with van der Waals surface area (Å²) in [5.74, 6) is 1.11. The number of hydrogen-bond donors (Lipinski definition) is 0. The molecule has 1 aliphatic rings. The van der Waals surface area contributed by atoms with Gasteiger partial charge < -0.3 is 9.47 Å². The molecule has 0 N–H and O–H groups in total. The van der Waals surface area contributed by atoms with Crippen molar-refractivity contribution in [3.8, 4) is 0 Å². The first kappa shape index (κ1) is 23.7. The molecular formula is C22H37IO3. The van der Waals surface area contributed by atoms with Gasteiger partial charge in [-0.15, -0.1) is 0 Å². The lowest BCUT2D eigenvalue weighted by Crippen LogP contribution is -2.23. The highest BCUT2D eigenvalue weighted by molar-refractivity contribution is 14.1. The minimum absolute atomic E-state index is 0.135. The molecule has 0 bridgehead atoms. The van der Waals surface area contributed by atoms with Gasteiger partial charge in [0.1, 0.15) is 0 Å². The van der Waals surface area contributed by atoms with Crippen molar-refractivity contribution >= 4 is 28.6 Å². The second-order valence-corrected chi connectivity index (χ2v) is 10.3. The van der Waals surface area contributed by atoms with Crippen molar-refractivity contribution in [3.05, 3.63) is 22.3 Å². The molecule has 0 radical (unpaired) electrons. The van der Waals surface area contributed by atoms with E-state index in [1.807, 2.05) is 20.8 Å². The van der Waals surface area contributed by atoms with Crippen molar-refractivity contribution in [3.63, 3.8) is 0 Å². The summed E-state index contributed by atoms with van der Waals surface area (Å²) in [7, 11) is 0. The first-order chi connectivity index (χ1) is 12.0. The van der Waals surface area contributed by atoms with Gasteiger partial charge in [0.05, 0.1) is 24.2 Å². The quantitative estimate of drug-likeness (QED) is 0.157. The van der Waals surface area contributed by atoms with Crippen LogP contribution < -0.4 is 0 Å². The molecule has 1 fully saturated rings. The molecule has 4 heteroatoms. The Hall–Kier alpha value is -0.360. The third-order valence-electron chi connectivity index (χ3n) is 5.03. The molecule has 150 valence electrons. The van der Waals surface area contributed by atoms with Crippen molar-refractivity contribution in [1.82, 2.24) is 0 Å². The Morgan fingerprint density at radius 2 is 2.00 bits per heavy atom. The Balaban J connectivity index is 2.25. The minimum atomic E-state index is -0.429. The number of carbonyl (C=O) groups excluding carboxylic acids is 1. The van der Waals surface area contributed by atoms with E-state index in [2.05, 4.69) is 49.6 Å². The van der Waals surface area contributed by atoms with Gasteiger partial charge in [-0.25, -0.2) is 0 Å². The van der Waals surface area contributed by atoms with Gasteiger partial charge in [-0.3, -0.25) is 4.79 Å². The molecule has 0 unspecified atom stereocenters. The zero-order valence-electron chi connectivity index (χ0n) is 17.3. The summed E-state index contributed by atoms with van der Waals surface area (Å²) in [5.41, 5.74) is 0.793. The second kappa shape index (κ2) is 10.8. The van der Waals surface area contributed by atoms with Gasteiger partial charge in [0.15, 0.2) is 0 Å². The summed E-state index contributed by atoms with van der Waals surface area (Å²) in [5, 5.41) is 0. The van der Waals surface area contributed by atoms with Crippen LogP contribution in [0, 0.1) is 17.3 Å². The van der Waals surface area contributed by atoms with Crippen molar-refractivity contribution < 1.29 is 14.3 Å². The molecule has 0 aromatic carbocycles. The molecule has 3 nitrogen and oxygen atoms in total. The van der Waals surface area contributed by atoms with E-state index < -0.39 is 5.41 Å². The molecule has 1 rings (SSSR count). The smallest absolute Gasteiger partial charge is 0.311 e. The average Bonchev–Trinajstić information content (AvgIpc) is 2.88. The zero-order valence-corrected chi connectivity index (χ0v) is 19.4. The lowest BCUT2D eigenvalue weighted by Gasteiger charge is -2.19. The van der Waals surface area contributed by atoms with Crippen LogP contribution in [0.3, 0.4) is 0 Å². The van der Waals surface area contributed by atoms with E-state index >= 15 is 0 Å². The molecule has 0 spiro atoms. The summed E-state index contributed by atoms with van der Waals surface area (Å²) in [6.45, 7) is 18.9. The molecule has 1 aliphatic heterocycles. The number of rotatable bonds is 10. The molecule has 1 saturated heterocycles. The average molecular weight is 476 g/mol. The van der Waals surface area contributed by atoms with Crippen LogP contribution >= 0.6 is 22.6 Å². The van der Waals surface area contributed by atoms with E-state index in [0.29, 0.717) is 18.4 Å². The van der Waals surface area contributed by atoms with Gasteiger partial charge in [-0.05, 0) is 103 Å². The Morgan fingerprint density at radius 3 is 2.58 bits per heavy atom. The lowest BCUT2D eigenvalue weighted by molar-refractivity contribution is -0.153. The van der Waals surface area contributed by atoms with Crippen LogP contribution in [0.5, 0.6) is 0 Å². The maximum Gasteiger partial charge on any atom is 0.311 e. The summed E-state index contributed by atoms with van der Waals surface area (Å²) < 4.78 is 12.8. The van der Waals surface area contributed by atoms with Gasteiger partial charge in [0.25, 0.3) is 0 Å². The van der Waals surface area contributed by atoms with Crippen molar-refractivity contribution in [2.24, 2.45) is 17.3 Å². The molecule has 0 amide bonds. The first-order valence-electron chi connectivity index (χ1n) is 9.85. The largest absolute Gasteiger partial charge is 0.465 e. The Kier molecular flexibility index (Phi) is 9.87. The fraction of sp³-hybridized carbons (Fsp3) is 0.773. The number of esters is 1. The van der Waals surface area contributed by atoms with Crippen molar-refractivity contribution in [1.29, 1.82) is 0 Å². The highest BCUT2D eigenvalue weighted by Gasteiger charge is 2.29. The van der Waals surface area contributed by atoms with Crippen LogP contribution in [0.4, 0.5) is 0 Å². The highest BCUT2D eigenvalue weighted by atomic mass is 127. The molecule has 0 saturated carbocycles. The minimum Gasteiger partial charge on any atom is -0.465 e. The van der Waals surface area contributed by atoms with Crippen LogP contribution in [0.15, 0.2) is 22.3 Å². The van der Waals surface area contributed by atoms with E-state index in [0.717, 1.165) is 32.1 Å². The molecule has 0 aliphatic carbocycles. The third kappa shape index (κ3) is 8.55. The summed E-state index contributed by atoms with van der Waals surface area (Å²) >= 11 is 2.33. The maximum atomic E-state index is 11.8. The second-order valence-electron chi connectivity index (χ2n) is 8.90. The predicted molar refractivity (Wildman–Crippen MR) is 117 cm³/mol. The molecule has 0 aromatic rings. The fourth-order valence-electron chi connectivity index (χ4n) is 3.22. The summed E-state index contributed by atoms with van der Waals surface area (Å²) in [6, 6.07) is 0. The molecule has 0 aromatic heterocycles. The van der Waals surface area contributed by atoms with Gasteiger partial charge >= 0.3 is 5.97 Å². The number of hydrogen-bond acceptors (Lipinski definition) is 3. The van der Waals surface area contributed by atoms with Crippen molar-refractivity contribution in [2.45, 2.75) is 85.4 Å². The maximum absolute atomic E-state index is 11.8. The molecule has 26 heavy (non-hydrogen) atoms. The topological polar surface area (TPSA) is 35.5 Å². The van der Waals surface area contributed by atoms with E-state index in [1.54, 1.807) is 0 Å². The fourth-order valence-corrected chi connectivity index (χ4v) is 3.47. The predicted octanol–water partition coefficient (Wildman–Crippen LogP) is 6.46. The number of allylic oxidation sites excluding steroid dienone is 1.